The van der Waals surface area contributed by atoms with Crippen LogP contribution in [0.1, 0.15) is 61.7 Å². The van der Waals surface area contributed by atoms with E-state index in [1.807, 2.05) is 12.1 Å². The third kappa shape index (κ3) is 3.55. The maximum Gasteiger partial charge on any atom is 0.225 e. The third-order valence-electron chi connectivity index (χ3n) is 7.60. The largest absolute Gasteiger partial charge is 0.347 e. The maximum absolute atomic E-state index is 12.9. The van der Waals surface area contributed by atoms with Gasteiger partial charge in [-0.05, 0) is 62.3 Å². The fraction of sp³-hybridized carbons (Fsp3) is 0.625. The number of rotatable bonds is 2. The number of ether oxygens (including phenoxy) is 2. The zero-order chi connectivity index (χ0) is 21.7. The number of nitrogens with zero attached hydrogens (tertiary/aromatic N) is 4. The Morgan fingerprint density at radius 3 is 2.53 bits per heavy atom. The molecule has 0 N–H and O–H groups in total. The number of carbonyl (C=O) groups is 1. The summed E-state index contributed by atoms with van der Waals surface area (Å²) in [6.07, 6.45) is 7.26. The molecule has 1 aliphatic carbocycles. The lowest BCUT2D eigenvalue weighted by Gasteiger charge is -2.30. The van der Waals surface area contributed by atoms with E-state index in [1.54, 1.807) is 0 Å². The highest BCUT2D eigenvalue weighted by Gasteiger charge is 2.43. The molecular weight excluding hydrogens is 428 g/mol. The van der Waals surface area contributed by atoms with Crippen LogP contribution in [0.2, 0.25) is 5.02 Å². The average molecular weight is 457 g/mol. The number of hydrogen-bond acceptors (Lipinski definition) is 5. The van der Waals surface area contributed by atoms with Gasteiger partial charge in [-0.2, -0.15) is 0 Å². The van der Waals surface area contributed by atoms with Crippen molar-refractivity contribution >= 4 is 17.5 Å². The van der Waals surface area contributed by atoms with E-state index in [2.05, 4.69) is 25.7 Å². The highest BCUT2D eigenvalue weighted by Crippen LogP contribution is 2.41. The summed E-state index contributed by atoms with van der Waals surface area (Å²) >= 11 is 6.36. The molecule has 1 aromatic carbocycles. The number of carbonyl (C=O) groups excluding carboxylic acids is 1. The fourth-order valence-corrected chi connectivity index (χ4v) is 6.17. The predicted molar refractivity (Wildman–Crippen MR) is 119 cm³/mol. The van der Waals surface area contributed by atoms with Crippen molar-refractivity contribution in [2.75, 3.05) is 26.3 Å². The van der Waals surface area contributed by atoms with Gasteiger partial charge < -0.3 is 14.4 Å². The molecule has 0 radical (unpaired) electrons. The number of aromatic nitrogens is 3. The quantitative estimate of drug-likeness (QED) is 0.689. The Kier molecular flexibility index (Phi) is 5.23. The Labute approximate surface area is 193 Å². The SMILES string of the molecule is O=C([C@H]1CC[C@H](c2nnc3n2-c2ccc(Cl)cc2CC2(C3)OCCO2)CC1)N1CCCC1. The molecule has 0 bridgehead atoms. The number of fused-ring (bicyclic) bond motifs is 3. The zero-order valence-electron chi connectivity index (χ0n) is 18.3. The molecule has 0 unspecified atom stereocenters. The minimum atomic E-state index is -0.697. The topological polar surface area (TPSA) is 69.5 Å². The van der Waals surface area contributed by atoms with E-state index in [1.165, 1.54) is 0 Å². The summed E-state index contributed by atoms with van der Waals surface area (Å²) in [4.78, 5) is 14.9. The van der Waals surface area contributed by atoms with Gasteiger partial charge in [0.05, 0.1) is 25.3 Å². The second kappa shape index (κ2) is 8.12. The Bertz CT molecular complexity index is 1020. The first kappa shape index (κ1) is 20.6. The first-order chi connectivity index (χ1) is 15.6. The Morgan fingerprint density at radius 1 is 1.03 bits per heavy atom. The van der Waals surface area contributed by atoms with Gasteiger partial charge in [0.25, 0.3) is 0 Å². The van der Waals surface area contributed by atoms with Gasteiger partial charge in [-0.3, -0.25) is 9.36 Å². The molecule has 3 fully saturated rings. The maximum atomic E-state index is 12.9. The van der Waals surface area contributed by atoms with Crippen LogP contribution in [0.4, 0.5) is 0 Å². The molecule has 0 atom stereocenters. The van der Waals surface area contributed by atoms with Crippen molar-refractivity contribution in [2.24, 2.45) is 5.92 Å². The second-order valence-corrected chi connectivity index (χ2v) is 10.1. The lowest BCUT2D eigenvalue weighted by molar-refractivity contribution is -0.155. The molecule has 4 heterocycles. The number of benzene rings is 1. The van der Waals surface area contributed by atoms with Crippen LogP contribution in [0.3, 0.4) is 0 Å². The van der Waals surface area contributed by atoms with Crippen LogP contribution >= 0.6 is 11.6 Å². The van der Waals surface area contributed by atoms with E-state index in [9.17, 15) is 4.79 Å². The van der Waals surface area contributed by atoms with Gasteiger partial charge in [0.15, 0.2) is 5.79 Å². The fourth-order valence-electron chi connectivity index (χ4n) is 5.97. The molecule has 2 saturated heterocycles. The van der Waals surface area contributed by atoms with E-state index in [4.69, 9.17) is 21.1 Å². The molecule has 1 spiro atoms. The van der Waals surface area contributed by atoms with Gasteiger partial charge >= 0.3 is 0 Å². The van der Waals surface area contributed by atoms with Crippen molar-refractivity contribution in [2.45, 2.75) is 63.1 Å². The lowest BCUT2D eigenvalue weighted by atomic mass is 9.81. The smallest absolute Gasteiger partial charge is 0.225 e. The summed E-state index contributed by atoms with van der Waals surface area (Å²) in [6.45, 7) is 3.04. The number of hydrogen-bond donors (Lipinski definition) is 0. The average Bonchev–Trinajstić information content (AvgIpc) is 3.55. The minimum absolute atomic E-state index is 0.158. The highest BCUT2D eigenvalue weighted by molar-refractivity contribution is 6.30. The van der Waals surface area contributed by atoms with Gasteiger partial charge in [-0.25, -0.2) is 0 Å². The van der Waals surface area contributed by atoms with E-state index in [0.29, 0.717) is 42.9 Å². The molecule has 6 rings (SSSR count). The summed E-state index contributed by atoms with van der Waals surface area (Å²) in [7, 11) is 0. The van der Waals surface area contributed by atoms with Crippen LogP contribution in [0, 0.1) is 5.92 Å². The lowest BCUT2D eigenvalue weighted by Crippen LogP contribution is -2.35. The second-order valence-electron chi connectivity index (χ2n) is 9.62. The number of amides is 1. The molecule has 32 heavy (non-hydrogen) atoms. The molecule has 1 amide bonds. The summed E-state index contributed by atoms with van der Waals surface area (Å²) in [5, 5.41) is 9.96. The summed E-state index contributed by atoms with van der Waals surface area (Å²) in [5.74, 6) is 1.98. The summed E-state index contributed by atoms with van der Waals surface area (Å²) in [5.41, 5.74) is 2.16. The van der Waals surface area contributed by atoms with Crippen LogP contribution in [-0.4, -0.2) is 57.7 Å². The van der Waals surface area contributed by atoms with E-state index < -0.39 is 5.79 Å². The first-order valence-corrected chi connectivity index (χ1v) is 12.3. The minimum Gasteiger partial charge on any atom is -0.347 e. The van der Waals surface area contributed by atoms with E-state index in [-0.39, 0.29) is 5.92 Å². The van der Waals surface area contributed by atoms with Crippen molar-refractivity contribution in [1.29, 1.82) is 0 Å². The third-order valence-corrected chi connectivity index (χ3v) is 7.83. The van der Waals surface area contributed by atoms with Crippen LogP contribution in [0.5, 0.6) is 0 Å². The van der Waals surface area contributed by atoms with Crippen LogP contribution < -0.4 is 0 Å². The normalized spacial score (nSPS) is 26.7. The Balaban J connectivity index is 1.29. The highest BCUT2D eigenvalue weighted by atomic mass is 35.5. The van der Waals surface area contributed by atoms with Crippen LogP contribution in [-0.2, 0) is 27.1 Å². The van der Waals surface area contributed by atoms with E-state index in [0.717, 1.165) is 74.5 Å². The molecule has 1 aromatic heterocycles. The number of halogens is 1. The van der Waals surface area contributed by atoms with Crippen LogP contribution in [0.15, 0.2) is 18.2 Å². The van der Waals surface area contributed by atoms with E-state index >= 15 is 0 Å². The Hall–Kier alpha value is -1.96. The molecular formula is C24H29ClN4O3. The summed E-state index contributed by atoms with van der Waals surface area (Å²) in [6, 6.07) is 5.99. The van der Waals surface area contributed by atoms with Gasteiger partial charge in [-0.15, -0.1) is 10.2 Å². The van der Waals surface area contributed by atoms with Gasteiger partial charge in [0, 0.05) is 36.4 Å². The molecule has 4 aliphatic rings. The standard InChI is InChI=1S/C24H29ClN4O3/c25-19-7-8-20-18(13-19)14-24(31-11-12-32-24)15-21-26-27-22(29(20)21)16-3-5-17(6-4-16)23(30)28-9-1-2-10-28/h7-8,13,16-17H,1-6,9-12,14-15H2/t16-,17-. The van der Waals surface area contributed by atoms with Crippen molar-refractivity contribution in [3.63, 3.8) is 0 Å². The van der Waals surface area contributed by atoms with Gasteiger partial charge in [0.1, 0.15) is 11.6 Å². The van der Waals surface area contributed by atoms with Gasteiger partial charge in [0.2, 0.25) is 5.91 Å². The van der Waals surface area contributed by atoms with Crippen molar-refractivity contribution < 1.29 is 14.3 Å². The molecule has 8 heteroatoms. The monoisotopic (exact) mass is 456 g/mol. The molecule has 2 aromatic rings. The van der Waals surface area contributed by atoms with Crippen molar-refractivity contribution in [3.8, 4) is 5.69 Å². The molecule has 7 nitrogen and oxygen atoms in total. The molecule has 1 saturated carbocycles. The zero-order valence-corrected chi connectivity index (χ0v) is 19.0. The molecule has 3 aliphatic heterocycles. The van der Waals surface area contributed by atoms with Gasteiger partial charge in [-0.1, -0.05) is 11.6 Å². The molecule has 170 valence electrons. The van der Waals surface area contributed by atoms with Crippen molar-refractivity contribution in [1.82, 2.24) is 19.7 Å². The predicted octanol–water partition coefficient (Wildman–Crippen LogP) is 3.66. The Morgan fingerprint density at radius 2 is 1.78 bits per heavy atom. The number of likely N-dealkylation sites (tertiary alicyclic amines) is 1. The van der Waals surface area contributed by atoms with Crippen LogP contribution in [0.25, 0.3) is 5.69 Å². The summed E-state index contributed by atoms with van der Waals surface area (Å²) < 4.78 is 14.3. The van der Waals surface area contributed by atoms with Crippen molar-refractivity contribution in [3.05, 3.63) is 40.4 Å². The first-order valence-electron chi connectivity index (χ1n) is 11.9.